The predicted octanol–water partition coefficient (Wildman–Crippen LogP) is 0.268. The van der Waals surface area contributed by atoms with Crippen molar-refractivity contribution in [1.29, 1.82) is 0 Å². The number of fused-ring (bicyclic) bond motifs is 1. The number of aliphatic carboxylic acids is 1. The molecule has 10 heteroatoms. The summed E-state index contributed by atoms with van der Waals surface area (Å²) in [5, 5.41) is 14.2. The second kappa shape index (κ2) is 8.58. The largest absolute Gasteiger partial charge is 0.480 e. The van der Waals surface area contributed by atoms with Gasteiger partial charge in [0.25, 0.3) is 11.8 Å². The van der Waals surface area contributed by atoms with Crippen molar-refractivity contribution in [2.45, 2.75) is 37.9 Å². The van der Waals surface area contributed by atoms with Gasteiger partial charge in [-0.05, 0) is 41.8 Å². The third kappa shape index (κ3) is 4.20. The van der Waals surface area contributed by atoms with E-state index < -0.39 is 35.8 Å². The highest BCUT2D eigenvalue weighted by Crippen LogP contribution is 2.28. The fraction of sp³-hybridized carbons (Fsp3) is 0.273. The number of carboxylic acid groups (broad SMARTS) is 1. The maximum atomic E-state index is 12.9. The van der Waals surface area contributed by atoms with Gasteiger partial charge in [-0.2, -0.15) is 0 Å². The average molecular weight is 436 g/mol. The molecule has 2 unspecified atom stereocenters. The monoisotopic (exact) mass is 436 g/mol. The van der Waals surface area contributed by atoms with Gasteiger partial charge >= 0.3 is 5.97 Å². The van der Waals surface area contributed by atoms with Gasteiger partial charge in [0.2, 0.25) is 11.8 Å². The quantitative estimate of drug-likeness (QED) is 0.551. The number of carboxylic acids is 1. The molecular weight excluding hydrogens is 416 g/mol. The molecule has 2 aliphatic rings. The van der Waals surface area contributed by atoms with Crippen molar-refractivity contribution in [2.75, 3.05) is 0 Å². The second-order valence-corrected chi connectivity index (χ2v) is 7.70. The summed E-state index contributed by atoms with van der Waals surface area (Å²) in [6.07, 6.45) is 3.55. The van der Waals surface area contributed by atoms with Crippen molar-refractivity contribution in [3.8, 4) is 0 Å². The van der Waals surface area contributed by atoms with E-state index in [-0.39, 0.29) is 42.8 Å². The summed E-state index contributed by atoms with van der Waals surface area (Å²) < 4.78 is 0. The Kier molecular flexibility index (Phi) is 5.67. The molecule has 164 valence electrons. The number of aromatic nitrogens is 1. The molecule has 2 atom stereocenters. The Bertz CT molecular complexity index is 1120. The van der Waals surface area contributed by atoms with E-state index in [1.807, 2.05) is 0 Å². The van der Waals surface area contributed by atoms with E-state index in [9.17, 15) is 29.1 Å². The highest BCUT2D eigenvalue weighted by atomic mass is 16.4. The number of imide groups is 1. The molecular formula is C22H20N4O6. The Labute approximate surface area is 182 Å². The summed E-state index contributed by atoms with van der Waals surface area (Å²) in [6, 6.07) is 5.97. The standard InChI is InChI=1S/C22H20N4O6/c27-18-4-3-17(20(29)25-18)26-11-14-2-1-13(10-15(14)21(26)30)19(28)24-16(22(31)32)9-12-5-7-23-8-6-12/h1-2,5-8,10,16-17H,3-4,9,11H2,(H,24,28)(H,31,32)(H,25,27,29). The smallest absolute Gasteiger partial charge is 0.326 e. The van der Waals surface area contributed by atoms with Crippen LogP contribution >= 0.6 is 0 Å². The van der Waals surface area contributed by atoms with Gasteiger partial charge < -0.3 is 15.3 Å². The minimum Gasteiger partial charge on any atom is -0.480 e. The number of benzene rings is 1. The van der Waals surface area contributed by atoms with Crippen LogP contribution in [0.4, 0.5) is 0 Å². The van der Waals surface area contributed by atoms with Crippen molar-refractivity contribution >= 4 is 29.6 Å². The van der Waals surface area contributed by atoms with Crippen LogP contribution in [-0.4, -0.2) is 56.7 Å². The van der Waals surface area contributed by atoms with Gasteiger partial charge in [0.05, 0.1) is 0 Å². The molecule has 1 fully saturated rings. The number of carbonyl (C=O) groups excluding carboxylic acids is 4. The first-order valence-corrected chi connectivity index (χ1v) is 10.0. The zero-order valence-corrected chi connectivity index (χ0v) is 16.9. The molecule has 1 aromatic carbocycles. The van der Waals surface area contributed by atoms with Crippen LogP contribution in [0.5, 0.6) is 0 Å². The predicted molar refractivity (Wildman–Crippen MR) is 109 cm³/mol. The average Bonchev–Trinajstić information content (AvgIpc) is 3.09. The normalized spacial score (nSPS) is 18.7. The van der Waals surface area contributed by atoms with Crippen LogP contribution in [0.2, 0.25) is 0 Å². The summed E-state index contributed by atoms with van der Waals surface area (Å²) in [5.41, 5.74) is 1.78. The summed E-state index contributed by atoms with van der Waals surface area (Å²) in [6.45, 7) is 0.197. The van der Waals surface area contributed by atoms with E-state index in [0.717, 1.165) is 0 Å². The zero-order valence-electron chi connectivity index (χ0n) is 16.9. The maximum absolute atomic E-state index is 12.9. The van der Waals surface area contributed by atoms with Crippen molar-refractivity contribution in [2.24, 2.45) is 0 Å². The number of nitrogens with one attached hydrogen (secondary N) is 2. The topological polar surface area (TPSA) is 146 Å². The first kappa shape index (κ1) is 21.2. The van der Waals surface area contributed by atoms with Crippen LogP contribution < -0.4 is 10.6 Å². The number of pyridine rings is 1. The second-order valence-electron chi connectivity index (χ2n) is 7.70. The van der Waals surface area contributed by atoms with Crippen LogP contribution in [0.25, 0.3) is 0 Å². The molecule has 10 nitrogen and oxygen atoms in total. The summed E-state index contributed by atoms with van der Waals surface area (Å²) >= 11 is 0. The molecule has 3 heterocycles. The Hall–Kier alpha value is -4.08. The summed E-state index contributed by atoms with van der Waals surface area (Å²) in [5.74, 6) is -3.09. The first-order valence-electron chi connectivity index (χ1n) is 10.0. The van der Waals surface area contributed by atoms with Crippen LogP contribution in [0, 0.1) is 0 Å². The summed E-state index contributed by atoms with van der Waals surface area (Å²) in [4.78, 5) is 66.0. The number of hydrogen-bond donors (Lipinski definition) is 3. The summed E-state index contributed by atoms with van der Waals surface area (Å²) in [7, 11) is 0. The molecule has 2 aromatic rings. The first-order chi connectivity index (χ1) is 15.3. The van der Waals surface area contributed by atoms with Crippen molar-refractivity contribution in [1.82, 2.24) is 20.5 Å². The van der Waals surface area contributed by atoms with Crippen LogP contribution in [-0.2, 0) is 27.3 Å². The lowest BCUT2D eigenvalue weighted by Crippen LogP contribution is -2.52. The molecule has 1 saturated heterocycles. The SMILES string of the molecule is O=C1CCC(N2Cc3ccc(C(=O)NC(Cc4ccncc4)C(=O)O)cc3C2=O)C(=O)N1. The van der Waals surface area contributed by atoms with Gasteiger partial charge in [-0.25, -0.2) is 4.79 Å². The van der Waals surface area contributed by atoms with Crippen LogP contribution in [0.1, 0.15) is 44.7 Å². The minimum atomic E-state index is -1.18. The third-order valence-electron chi connectivity index (χ3n) is 5.58. The number of nitrogens with zero attached hydrogens (tertiary/aromatic N) is 2. The molecule has 4 amide bonds. The van der Waals surface area contributed by atoms with E-state index >= 15 is 0 Å². The highest BCUT2D eigenvalue weighted by Gasteiger charge is 2.39. The van der Waals surface area contributed by atoms with Gasteiger partial charge in [-0.15, -0.1) is 0 Å². The number of amides is 4. The van der Waals surface area contributed by atoms with Gasteiger partial charge in [0.1, 0.15) is 12.1 Å². The van der Waals surface area contributed by atoms with Crippen molar-refractivity contribution < 1.29 is 29.1 Å². The Balaban J connectivity index is 1.49. The van der Waals surface area contributed by atoms with Gasteiger partial charge in [-0.1, -0.05) is 6.07 Å². The van der Waals surface area contributed by atoms with E-state index in [1.54, 1.807) is 18.2 Å². The molecule has 0 bridgehead atoms. The molecule has 0 aliphatic carbocycles. The Morgan fingerprint density at radius 2 is 1.94 bits per heavy atom. The third-order valence-corrected chi connectivity index (χ3v) is 5.58. The fourth-order valence-electron chi connectivity index (χ4n) is 3.89. The Morgan fingerprint density at radius 1 is 1.19 bits per heavy atom. The van der Waals surface area contributed by atoms with Gasteiger partial charge in [0.15, 0.2) is 0 Å². The molecule has 3 N–H and O–H groups in total. The minimum absolute atomic E-state index is 0.0801. The molecule has 0 spiro atoms. The van der Waals surface area contributed by atoms with Crippen LogP contribution in [0.15, 0.2) is 42.7 Å². The molecule has 0 saturated carbocycles. The van der Waals surface area contributed by atoms with E-state index in [0.29, 0.717) is 11.1 Å². The Morgan fingerprint density at radius 3 is 2.62 bits per heavy atom. The molecule has 1 aromatic heterocycles. The fourth-order valence-corrected chi connectivity index (χ4v) is 3.89. The van der Waals surface area contributed by atoms with Crippen molar-refractivity contribution in [3.63, 3.8) is 0 Å². The molecule has 0 radical (unpaired) electrons. The number of hydrogen-bond acceptors (Lipinski definition) is 6. The molecule has 32 heavy (non-hydrogen) atoms. The lowest BCUT2D eigenvalue weighted by Gasteiger charge is -2.29. The van der Waals surface area contributed by atoms with E-state index in [4.69, 9.17) is 0 Å². The van der Waals surface area contributed by atoms with Crippen LogP contribution in [0.3, 0.4) is 0 Å². The number of rotatable bonds is 6. The number of carbonyl (C=O) groups is 5. The van der Waals surface area contributed by atoms with Gasteiger partial charge in [0, 0.05) is 42.9 Å². The lowest BCUT2D eigenvalue weighted by molar-refractivity contribution is -0.139. The lowest BCUT2D eigenvalue weighted by atomic mass is 10.0. The maximum Gasteiger partial charge on any atom is 0.326 e. The van der Waals surface area contributed by atoms with E-state index in [2.05, 4.69) is 15.6 Å². The van der Waals surface area contributed by atoms with E-state index in [1.165, 1.54) is 29.4 Å². The zero-order chi connectivity index (χ0) is 22.8. The molecule has 2 aliphatic heterocycles. The van der Waals surface area contributed by atoms with Crippen molar-refractivity contribution in [3.05, 3.63) is 65.0 Å². The highest BCUT2D eigenvalue weighted by molar-refractivity contribution is 6.06. The molecule has 4 rings (SSSR count). The van der Waals surface area contributed by atoms with Gasteiger partial charge in [-0.3, -0.25) is 29.5 Å². The number of piperidine rings is 1.